The third-order valence-corrected chi connectivity index (χ3v) is 7.92. The van der Waals surface area contributed by atoms with Crippen LogP contribution in [0.1, 0.15) is 39.5 Å². The molecule has 1 aromatic heterocycles. The quantitative estimate of drug-likeness (QED) is 0.803. The van der Waals surface area contributed by atoms with Crippen LogP contribution in [0.25, 0.3) is 0 Å². The Morgan fingerprint density at radius 2 is 2.24 bits per heavy atom. The molecule has 0 aliphatic carbocycles. The molecule has 2 atom stereocenters. The molecule has 1 fully saturated rings. The number of hydrogen-bond donors (Lipinski definition) is 1. The predicted octanol–water partition coefficient (Wildman–Crippen LogP) is 3.44. The number of halogens is 1. The molecule has 4 nitrogen and oxygen atoms in total. The van der Waals surface area contributed by atoms with Gasteiger partial charge in [0.2, 0.25) is 0 Å². The second-order valence-corrected chi connectivity index (χ2v) is 10.1. The van der Waals surface area contributed by atoms with E-state index in [9.17, 15) is 8.42 Å². The maximum absolute atomic E-state index is 12.9. The Hall–Kier alpha value is 0.0500. The van der Waals surface area contributed by atoms with Gasteiger partial charge in [-0.3, -0.25) is 0 Å². The highest BCUT2D eigenvalue weighted by Crippen LogP contribution is 2.32. The average Bonchev–Trinajstić information content (AvgIpc) is 2.92. The fraction of sp³-hybridized carbons (Fsp3) is 0.714. The van der Waals surface area contributed by atoms with Gasteiger partial charge in [-0.15, -0.1) is 11.3 Å². The van der Waals surface area contributed by atoms with Crippen molar-refractivity contribution in [3.63, 3.8) is 0 Å². The van der Waals surface area contributed by atoms with E-state index in [1.54, 1.807) is 16.4 Å². The Labute approximate surface area is 140 Å². The Bertz CT molecular complexity index is 559. The number of nitrogens with one attached hydrogen (secondary N) is 1. The molecule has 2 unspecified atom stereocenters. The topological polar surface area (TPSA) is 49.4 Å². The van der Waals surface area contributed by atoms with E-state index in [0.717, 1.165) is 36.0 Å². The van der Waals surface area contributed by atoms with Crippen molar-refractivity contribution in [1.82, 2.24) is 9.62 Å². The standard InChI is InChI=1S/C14H23BrN2O2S2/c1-3-9-16-11(2)12-6-4-5-10-17(12)21(18,19)14-8-7-13(15)20-14/h7-8,11-12,16H,3-6,9-10H2,1-2H3. The Kier molecular flexibility index (Phi) is 6.25. The average molecular weight is 395 g/mol. The van der Waals surface area contributed by atoms with E-state index >= 15 is 0 Å². The van der Waals surface area contributed by atoms with Crippen LogP contribution in [0.4, 0.5) is 0 Å². The summed E-state index contributed by atoms with van der Waals surface area (Å²) in [6.45, 7) is 5.77. The van der Waals surface area contributed by atoms with E-state index in [4.69, 9.17) is 0 Å². The van der Waals surface area contributed by atoms with Crippen molar-refractivity contribution in [2.45, 2.75) is 55.8 Å². The highest BCUT2D eigenvalue weighted by molar-refractivity contribution is 9.11. The summed E-state index contributed by atoms with van der Waals surface area (Å²) >= 11 is 4.64. The number of thiophene rings is 1. The third kappa shape index (κ3) is 4.07. The molecule has 0 aromatic carbocycles. The monoisotopic (exact) mass is 394 g/mol. The lowest BCUT2D eigenvalue weighted by atomic mass is 9.99. The van der Waals surface area contributed by atoms with Crippen LogP contribution in [-0.2, 0) is 10.0 Å². The van der Waals surface area contributed by atoms with Crippen LogP contribution in [-0.4, -0.2) is 37.9 Å². The van der Waals surface area contributed by atoms with Crippen LogP contribution in [0.3, 0.4) is 0 Å². The van der Waals surface area contributed by atoms with Crippen LogP contribution in [0, 0.1) is 0 Å². The Balaban J connectivity index is 2.21. The lowest BCUT2D eigenvalue weighted by molar-refractivity contribution is 0.209. The highest BCUT2D eigenvalue weighted by Gasteiger charge is 2.36. The largest absolute Gasteiger partial charge is 0.313 e. The summed E-state index contributed by atoms with van der Waals surface area (Å²) < 4.78 is 28.8. The molecule has 0 saturated carbocycles. The summed E-state index contributed by atoms with van der Waals surface area (Å²) in [6.07, 6.45) is 4.04. The SMILES string of the molecule is CCCNC(C)C1CCCCN1S(=O)(=O)c1ccc(Br)s1. The molecule has 0 radical (unpaired) electrons. The molecular weight excluding hydrogens is 372 g/mol. The molecule has 1 N–H and O–H groups in total. The minimum absolute atomic E-state index is 0.0520. The first-order chi connectivity index (χ1) is 9.96. The lowest BCUT2D eigenvalue weighted by Gasteiger charge is -2.38. The molecule has 7 heteroatoms. The van der Waals surface area contributed by atoms with Gasteiger partial charge in [-0.05, 0) is 60.8 Å². The lowest BCUT2D eigenvalue weighted by Crippen LogP contribution is -2.53. The van der Waals surface area contributed by atoms with Gasteiger partial charge in [0, 0.05) is 18.6 Å². The number of sulfonamides is 1. The summed E-state index contributed by atoms with van der Waals surface area (Å²) in [5.74, 6) is 0. The summed E-state index contributed by atoms with van der Waals surface area (Å²) in [5, 5.41) is 3.45. The van der Waals surface area contributed by atoms with Gasteiger partial charge < -0.3 is 5.32 Å². The van der Waals surface area contributed by atoms with E-state index in [1.165, 1.54) is 11.3 Å². The second-order valence-electron chi connectivity index (χ2n) is 5.48. The van der Waals surface area contributed by atoms with Gasteiger partial charge in [0.25, 0.3) is 10.0 Å². The minimum Gasteiger partial charge on any atom is -0.313 e. The van der Waals surface area contributed by atoms with E-state index in [2.05, 4.69) is 35.1 Å². The highest BCUT2D eigenvalue weighted by atomic mass is 79.9. The predicted molar refractivity (Wildman–Crippen MR) is 91.3 cm³/mol. The maximum atomic E-state index is 12.9. The fourth-order valence-electron chi connectivity index (χ4n) is 2.79. The van der Waals surface area contributed by atoms with E-state index in [1.807, 2.05) is 0 Å². The number of piperidine rings is 1. The number of nitrogens with zero attached hydrogens (tertiary/aromatic N) is 1. The zero-order valence-corrected chi connectivity index (χ0v) is 15.7. The summed E-state index contributed by atoms with van der Waals surface area (Å²) in [5.41, 5.74) is 0. The van der Waals surface area contributed by atoms with Crippen molar-refractivity contribution in [3.8, 4) is 0 Å². The van der Waals surface area contributed by atoms with Crippen molar-refractivity contribution in [2.24, 2.45) is 0 Å². The number of rotatable bonds is 6. The Morgan fingerprint density at radius 3 is 2.86 bits per heavy atom. The molecule has 1 aromatic rings. The summed E-state index contributed by atoms with van der Waals surface area (Å²) in [4.78, 5) is 0. The third-order valence-electron chi connectivity index (χ3n) is 3.90. The van der Waals surface area contributed by atoms with Gasteiger partial charge in [-0.1, -0.05) is 13.3 Å². The molecule has 0 spiro atoms. The molecule has 21 heavy (non-hydrogen) atoms. The first-order valence-corrected chi connectivity index (χ1v) is 10.5. The molecule has 1 saturated heterocycles. The van der Waals surface area contributed by atoms with E-state index < -0.39 is 10.0 Å². The Morgan fingerprint density at radius 1 is 1.48 bits per heavy atom. The molecule has 2 rings (SSSR count). The second kappa shape index (κ2) is 7.55. The summed E-state index contributed by atoms with van der Waals surface area (Å²) in [6, 6.07) is 3.73. The van der Waals surface area contributed by atoms with Crippen LogP contribution in [0.2, 0.25) is 0 Å². The van der Waals surface area contributed by atoms with Crippen molar-refractivity contribution in [1.29, 1.82) is 0 Å². The van der Waals surface area contributed by atoms with Gasteiger partial charge in [0.15, 0.2) is 0 Å². The van der Waals surface area contributed by atoms with Crippen molar-refractivity contribution < 1.29 is 8.42 Å². The molecule has 1 aliphatic heterocycles. The van der Waals surface area contributed by atoms with Crippen LogP contribution in [0.15, 0.2) is 20.1 Å². The van der Waals surface area contributed by atoms with Gasteiger partial charge in [0.1, 0.15) is 4.21 Å². The van der Waals surface area contributed by atoms with Crippen LogP contribution < -0.4 is 5.32 Å². The van der Waals surface area contributed by atoms with Crippen LogP contribution in [0.5, 0.6) is 0 Å². The molecular formula is C14H23BrN2O2S2. The van der Waals surface area contributed by atoms with Crippen molar-refractivity contribution in [2.75, 3.05) is 13.1 Å². The smallest absolute Gasteiger partial charge is 0.252 e. The maximum Gasteiger partial charge on any atom is 0.252 e. The van der Waals surface area contributed by atoms with E-state index in [0.29, 0.717) is 10.8 Å². The molecule has 0 amide bonds. The zero-order valence-electron chi connectivity index (χ0n) is 12.5. The summed E-state index contributed by atoms with van der Waals surface area (Å²) in [7, 11) is -3.38. The first-order valence-electron chi connectivity index (χ1n) is 7.47. The van der Waals surface area contributed by atoms with Crippen molar-refractivity contribution in [3.05, 3.63) is 15.9 Å². The fourth-order valence-corrected chi connectivity index (χ4v) is 6.69. The van der Waals surface area contributed by atoms with E-state index in [-0.39, 0.29) is 12.1 Å². The van der Waals surface area contributed by atoms with Gasteiger partial charge in [-0.2, -0.15) is 4.31 Å². The molecule has 0 bridgehead atoms. The van der Waals surface area contributed by atoms with Gasteiger partial charge in [0.05, 0.1) is 3.79 Å². The number of hydrogen-bond acceptors (Lipinski definition) is 4. The van der Waals surface area contributed by atoms with Gasteiger partial charge >= 0.3 is 0 Å². The molecule has 2 heterocycles. The van der Waals surface area contributed by atoms with Crippen molar-refractivity contribution >= 4 is 37.3 Å². The first kappa shape index (κ1) is 17.4. The molecule has 1 aliphatic rings. The van der Waals surface area contributed by atoms with Gasteiger partial charge in [-0.25, -0.2) is 8.42 Å². The molecule has 120 valence electrons. The van der Waals surface area contributed by atoms with Crippen LogP contribution >= 0.6 is 27.3 Å². The normalized spacial score (nSPS) is 22.3. The zero-order chi connectivity index (χ0) is 15.5. The minimum atomic E-state index is -3.38.